The predicted molar refractivity (Wildman–Crippen MR) is 109 cm³/mol. The lowest BCUT2D eigenvalue weighted by molar-refractivity contribution is -0.129. The minimum atomic E-state index is -0.970. The van der Waals surface area contributed by atoms with Crippen molar-refractivity contribution in [3.05, 3.63) is 105 Å². The first-order chi connectivity index (χ1) is 14.1. The third-order valence-electron chi connectivity index (χ3n) is 4.98. The van der Waals surface area contributed by atoms with Crippen LogP contribution in [0.5, 0.6) is 0 Å². The molecular weight excluding hydrogens is 389 g/mol. The Kier molecular flexibility index (Phi) is 5.27. The van der Waals surface area contributed by atoms with Crippen molar-refractivity contribution < 1.29 is 19.1 Å². The van der Waals surface area contributed by atoms with Crippen LogP contribution in [-0.4, -0.2) is 28.2 Å². The van der Waals surface area contributed by atoms with Crippen molar-refractivity contribution in [2.75, 3.05) is 6.54 Å². The van der Waals surface area contributed by atoms with E-state index < -0.39 is 29.3 Å². The summed E-state index contributed by atoms with van der Waals surface area (Å²) in [5, 5.41) is 12.3. The molecule has 0 saturated carbocycles. The Morgan fingerprint density at radius 3 is 2.45 bits per heavy atom. The number of carbonyl (C=O) groups excluding carboxylic acids is 2. The van der Waals surface area contributed by atoms with Crippen LogP contribution in [0.2, 0.25) is 0 Å². The molecule has 146 valence electrons. The number of Topliss-reactive ketones (excluding diaryl/α,β-unsaturated/α-hetero) is 1. The normalized spacial score (nSPS) is 16.5. The number of carbonyl (C=O) groups is 2. The summed E-state index contributed by atoms with van der Waals surface area (Å²) in [6.45, 7) is 0.243. The van der Waals surface area contributed by atoms with Gasteiger partial charge in [-0.25, -0.2) is 4.39 Å². The van der Waals surface area contributed by atoms with Crippen molar-refractivity contribution in [2.24, 2.45) is 0 Å². The van der Waals surface area contributed by atoms with Crippen molar-refractivity contribution in [3.8, 4) is 0 Å². The van der Waals surface area contributed by atoms with Gasteiger partial charge < -0.3 is 10.0 Å². The van der Waals surface area contributed by atoms with Crippen LogP contribution in [0.1, 0.15) is 26.8 Å². The lowest BCUT2D eigenvalue weighted by Crippen LogP contribution is -2.33. The summed E-state index contributed by atoms with van der Waals surface area (Å²) >= 11 is 1.22. The summed E-state index contributed by atoms with van der Waals surface area (Å²) < 4.78 is 14.7. The highest BCUT2D eigenvalue weighted by Gasteiger charge is 2.44. The molecule has 3 aromatic rings. The monoisotopic (exact) mass is 407 g/mol. The molecule has 1 N–H and O–H groups in total. The number of thiophene rings is 1. The first-order valence-electron chi connectivity index (χ1n) is 9.18. The zero-order valence-corrected chi connectivity index (χ0v) is 16.2. The van der Waals surface area contributed by atoms with Crippen LogP contribution in [0.25, 0.3) is 0 Å². The number of hydrogen-bond donors (Lipinski definition) is 1. The molecule has 0 saturated heterocycles. The lowest BCUT2D eigenvalue weighted by atomic mass is 9.95. The van der Waals surface area contributed by atoms with Gasteiger partial charge in [-0.15, -0.1) is 11.3 Å². The summed E-state index contributed by atoms with van der Waals surface area (Å²) in [6, 6.07) is 18.0. The third-order valence-corrected chi connectivity index (χ3v) is 5.85. The van der Waals surface area contributed by atoms with E-state index in [4.69, 9.17) is 0 Å². The molecule has 2 aromatic carbocycles. The molecule has 0 unspecified atom stereocenters. The lowest BCUT2D eigenvalue weighted by Gasteiger charge is -2.27. The van der Waals surface area contributed by atoms with Crippen LogP contribution < -0.4 is 0 Å². The summed E-state index contributed by atoms with van der Waals surface area (Å²) in [6.07, 6.45) is 0.519. The number of halogens is 1. The van der Waals surface area contributed by atoms with E-state index in [2.05, 4.69) is 0 Å². The molecule has 1 aromatic heterocycles. The van der Waals surface area contributed by atoms with E-state index in [1.54, 1.807) is 35.7 Å². The van der Waals surface area contributed by atoms with Gasteiger partial charge in [0.2, 0.25) is 5.78 Å². The van der Waals surface area contributed by atoms with Gasteiger partial charge in [0.1, 0.15) is 5.82 Å². The molecular formula is C23H18FNO3S. The van der Waals surface area contributed by atoms with E-state index in [0.29, 0.717) is 11.3 Å². The Hall–Kier alpha value is -3.25. The molecule has 4 rings (SSSR count). The fourth-order valence-corrected chi connectivity index (χ4v) is 4.25. The Bertz CT molecular complexity index is 1080. The molecule has 1 atom stereocenters. The second-order valence-corrected chi connectivity index (χ2v) is 7.67. The van der Waals surface area contributed by atoms with E-state index in [9.17, 15) is 19.1 Å². The van der Waals surface area contributed by atoms with Crippen LogP contribution in [0, 0.1) is 5.82 Å². The van der Waals surface area contributed by atoms with Gasteiger partial charge in [0, 0.05) is 12.1 Å². The number of benzene rings is 2. The van der Waals surface area contributed by atoms with E-state index in [-0.39, 0.29) is 17.7 Å². The molecule has 1 aliphatic rings. The van der Waals surface area contributed by atoms with E-state index >= 15 is 0 Å². The van der Waals surface area contributed by atoms with Gasteiger partial charge in [-0.1, -0.05) is 54.6 Å². The maximum atomic E-state index is 14.7. The van der Waals surface area contributed by atoms with Gasteiger partial charge >= 0.3 is 0 Å². The highest BCUT2D eigenvalue weighted by atomic mass is 32.1. The number of hydrogen-bond acceptors (Lipinski definition) is 4. The Labute approximate surface area is 171 Å². The molecule has 29 heavy (non-hydrogen) atoms. The highest BCUT2D eigenvalue weighted by molar-refractivity contribution is 7.12. The van der Waals surface area contributed by atoms with Crippen LogP contribution in [0.3, 0.4) is 0 Å². The Morgan fingerprint density at radius 1 is 1.03 bits per heavy atom. The van der Waals surface area contributed by atoms with Gasteiger partial charge in [-0.05, 0) is 29.5 Å². The average Bonchev–Trinajstić information content (AvgIpc) is 3.35. The van der Waals surface area contributed by atoms with Gasteiger partial charge in [0.05, 0.1) is 16.5 Å². The number of nitrogens with zero attached hydrogens (tertiary/aromatic N) is 1. The third kappa shape index (κ3) is 3.59. The molecule has 2 heterocycles. The van der Waals surface area contributed by atoms with Crippen molar-refractivity contribution in [1.82, 2.24) is 4.90 Å². The van der Waals surface area contributed by atoms with Crippen molar-refractivity contribution in [2.45, 2.75) is 12.5 Å². The molecule has 1 amide bonds. The number of aliphatic hydroxyl groups excluding tert-OH is 1. The van der Waals surface area contributed by atoms with E-state index in [1.165, 1.54) is 22.3 Å². The highest BCUT2D eigenvalue weighted by Crippen LogP contribution is 2.40. The summed E-state index contributed by atoms with van der Waals surface area (Å²) in [4.78, 5) is 27.7. The Balaban J connectivity index is 1.74. The van der Waals surface area contributed by atoms with E-state index in [0.717, 1.165) is 5.56 Å². The molecule has 6 heteroatoms. The molecule has 0 radical (unpaired) electrons. The number of aliphatic hydroxyl groups is 1. The van der Waals surface area contributed by atoms with Crippen LogP contribution in [0.4, 0.5) is 4.39 Å². The standard InChI is InChI=1S/C23H18FNO3S/c24-17-10-5-4-9-16(17)20-19(21(26)18-11-6-14-29-18)22(27)23(28)25(20)13-12-15-7-2-1-3-8-15/h1-11,14,20,27H,12-13H2/t20-/m0/s1. The molecule has 0 aliphatic carbocycles. The topological polar surface area (TPSA) is 57.6 Å². The average molecular weight is 407 g/mol. The minimum Gasteiger partial charge on any atom is -0.503 e. The van der Waals surface area contributed by atoms with Crippen molar-refractivity contribution in [1.29, 1.82) is 0 Å². The van der Waals surface area contributed by atoms with Crippen molar-refractivity contribution in [3.63, 3.8) is 0 Å². The second-order valence-electron chi connectivity index (χ2n) is 6.73. The van der Waals surface area contributed by atoms with Gasteiger partial charge in [-0.3, -0.25) is 9.59 Å². The minimum absolute atomic E-state index is 0.0735. The van der Waals surface area contributed by atoms with Crippen LogP contribution in [0.15, 0.2) is 83.4 Å². The summed E-state index contributed by atoms with van der Waals surface area (Å²) in [5.41, 5.74) is 1.12. The van der Waals surface area contributed by atoms with Crippen LogP contribution in [-0.2, 0) is 11.2 Å². The molecule has 0 bridgehead atoms. The molecule has 1 aliphatic heterocycles. The molecule has 4 nitrogen and oxygen atoms in total. The zero-order chi connectivity index (χ0) is 20.4. The molecule has 0 fully saturated rings. The maximum absolute atomic E-state index is 14.7. The largest absolute Gasteiger partial charge is 0.503 e. The predicted octanol–water partition coefficient (Wildman–Crippen LogP) is 4.71. The number of amides is 1. The van der Waals surface area contributed by atoms with E-state index in [1.807, 2.05) is 30.3 Å². The SMILES string of the molecule is O=C(C1=C(O)C(=O)N(CCc2ccccc2)[C@H]1c1ccccc1F)c1cccs1. The Morgan fingerprint density at radius 2 is 1.76 bits per heavy atom. The number of ketones is 1. The fraction of sp³-hybridized carbons (Fsp3) is 0.130. The number of rotatable bonds is 6. The fourth-order valence-electron chi connectivity index (χ4n) is 3.57. The molecule has 0 spiro atoms. The van der Waals surface area contributed by atoms with Gasteiger partial charge in [0.15, 0.2) is 5.76 Å². The second kappa shape index (κ2) is 8.01. The maximum Gasteiger partial charge on any atom is 0.290 e. The van der Waals surface area contributed by atoms with Crippen LogP contribution >= 0.6 is 11.3 Å². The summed E-state index contributed by atoms with van der Waals surface area (Å²) in [5.74, 6) is -2.25. The smallest absolute Gasteiger partial charge is 0.290 e. The van der Waals surface area contributed by atoms with Gasteiger partial charge in [0.25, 0.3) is 5.91 Å². The van der Waals surface area contributed by atoms with Crippen molar-refractivity contribution >= 4 is 23.0 Å². The quantitative estimate of drug-likeness (QED) is 0.602. The first kappa shape index (κ1) is 19.1. The van der Waals surface area contributed by atoms with Gasteiger partial charge in [-0.2, -0.15) is 0 Å². The summed E-state index contributed by atoms with van der Waals surface area (Å²) in [7, 11) is 0. The first-order valence-corrected chi connectivity index (χ1v) is 10.1. The zero-order valence-electron chi connectivity index (χ0n) is 15.4.